The van der Waals surface area contributed by atoms with E-state index in [1.54, 1.807) is 48.5 Å². The van der Waals surface area contributed by atoms with Gasteiger partial charge in [0.05, 0.1) is 4.91 Å². The summed E-state index contributed by atoms with van der Waals surface area (Å²) in [6.07, 6.45) is 1.63. The minimum atomic E-state index is -4.01. The van der Waals surface area contributed by atoms with Gasteiger partial charge in [0, 0.05) is 42.5 Å². The molecule has 0 unspecified atom stereocenters. The Kier molecular flexibility index (Phi) is 7.04. The summed E-state index contributed by atoms with van der Waals surface area (Å²) in [4.78, 5) is 21.8. The molecule has 7 nitrogen and oxygen atoms in total. The lowest BCUT2D eigenvalue weighted by Crippen LogP contribution is -2.47. The van der Waals surface area contributed by atoms with Crippen molar-refractivity contribution in [2.24, 2.45) is 4.99 Å². The van der Waals surface area contributed by atoms with Crippen molar-refractivity contribution in [3.05, 3.63) is 94.4 Å². The number of aliphatic imine (C=N–C) groups is 1. The maximum atomic E-state index is 12.7. The van der Waals surface area contributed by atoms with Crippen LogP contribution in [0.25, 0.3) is 6.08 Å². The van der Waals surface area contributed by atoms with Crippen LogP contribution >= 0.6 is 23.4 Å². The molecule has 36 heavy (non-hydrogen) atoms. The van der Waals surface area contributed by atoms with Crippen molar-refractivity contribution in [1.82, 2.24) is 4.90 Å². The zero-order chi connectivity index (χ0) is 25.1. The Morgan fingerprint density at radius 2 is 1.50 bits per heavy atom. The van der Waals surface area contributed by atoms with Gasteiger partial charge >= 0.3 is 10.1 Å². The Balaban J connectivity index is 1.27. The first-order valence-corrected chi connectivity index (χ1v) is 13.9. The molecule has 0 aliphatic carbocycles. The predicted molar refractivity (Wildman–Crippen MR) is 144 cm³/mol. The van der Waals surface area contributed by atoms with E-state index in [2.05, 4.69) is 14.8 Å². The molecule has 0 bridgehead atoms. The van der Waals surface area contributed by atoms with Gasteiger partial charge < -0.3 is 14.0 Å². The van der Waals surface area contributed by atoms with Gasteiger partial charge in [0.25, 0.3) is 5.91 Å². The van der Waals surface area contributed by atoms with Crippen LogP contribution in [0.3, 0.4) is 0 Å². The van der Waals surface area contributed by atoms with E-state index in [0.29, 0.717) is 20.7 Å². The predicted octanol–water partition coefficient (Wildman–Crippen LogP) is 4.90. The molecule has 0 N–H and O–H groups in total. The lowest BCUT2D eigenvalue weighted by atomic mass is 10.2. The van der Waals surface area contributed by atoms with E-state index in [-0.39, 0.29) is 16.6 Å². The third-order valence-electron chi connectivity index (χ3n) is 5.79. The second kappa shape index (κ2) is 10.4. The number of carbonyl (C=O) groups excluding carboxylic acids is 1. The number of amidine groups is 1. The summed E-state index contributed by atoms with van der Waals surface area (Å²) in [6.45, 7) is 3.04. The third-order valence-corrected chi connectivity index (χ3v) is 8.33. The Hall–Kier alpha value is -3.27. The van der Waals surface area contributed by atoms with Crippen molar-refractivity contribution < 1.29 is 17.4 Å². The molecule has 2 aliphatic heterocycles. The number of piperazine rings is 1. The second-order valence-electron chi connectivity index (χ2n) is 8.15. The number of nitrogens with zero attached hydrogens (tertiary/aromatic N) is 3. The smallest absolute Gasteiger partial charge is 0.339 e. The molecule has 10 heteroatoms. The van der Waals surface area contributed by atoms with Crippen LogP contribution in [0, 0.1) is 0 Å². The normalized spacial score (nSPS) is 17.4. The van der Waals surface area contributed by atoms with Gasteiger partial charge in [0.2, 0.25) is 0 Å². The molecule has 0 spiro atoms. The number of amides is 1. The minimum Gasteiger partial charge on any atom is -0.378 e. The number of thioether (sulfide) groups is 1. The highest BCUT2D eigenvalue weighted by molar-refractivity contribution is 8.18. The van der Waals surface area contributed by atoms with Crippen LogP contribution in [0.15, 0.2) is 93.7 Å². The maximum Gasteiger partial charge on any atom is 0.339 e. The molecule has 0 saturated carbocycles. The maximum absolute atomic E-state index is 12.7. The molecule has 5 rings (SSSR count). The van der Waals surface area contributed by atoms with Gasteiger partial charge in [-0.05, 0) is 60.3 Å². The highest BCUT2D eigenvalue weighted by atomic mass is 35.5. The van der Waals surface area contributed by atoms with Crippen molar-refractivity contribution in [1.29, 1.82) is 0 Å². The Morgan fingerprint density at radius 3 is 2.22 bits per heavy atom. The summed E-state index contributed by atoms with van der Waals surface area (Å²) in [5.41, 5.74) is 1.59. The van der Waals surface area contributed by atoms with Crippen LogP contribution in [0.4, 0.5) is 5.69 Å². The first-order chi connectivity index (χ1) is 17.4. The number of hydrogen-bond donors (Lipinski definition) is 0. The molecule has 1 amide bonds. The Bertz CT molecular complexity index is 1430. The lowest BCUT2D eigenvalue weighted by molar-refractivity contribution is -0.113. The largest absolute Gasteiger partial charge is 0.378 e. The summed E-state index contributed by atoms with van der Waals surface area (Å²) in [5, 5.41) is 1.36. The molecule has 1 fully saturated rings. The lowest BCUT2D eigenvalue weighted by Gasteiger charge is -2.36. The van der Waals surface area contributed by atoms with E-state index in [4.69, 9.17) is 15.8 Å². The molecule has 0 radical (unpaired) electrons. The van der Waals surface area contributed by atoms with Gasteiger partial charge in [0.1, 0.15) is 10.6 Å². The average Bonchev–Trinajstić information content (AvgIpc) is 3.26. The van der Waals surface area contributed by atoms with Crippen molar-refractivity contribution >= 4 is 56.3 Å². The topological polar surface area (TPSA) is 79.3 Å². The van der Waals surface area contributed by atoms with Gasteiger partial charge in [-0.1, -0.05) is 48.0 Å². The third kappa shape index (κ3) is 5.43. The van der Waals surface area contributed by atoms with Gasteiger partial charge in [-0.15, -0.1) is 0 Å². The first kappa shape index (κ1) is 24.4. The molecule has 1 saturated heterocycles. The van der Waals surface area contributed by atoms with Crippen LogP contribution < -0.4 is 9.08 Å². The van der Waals surface area contributed by atoms with Crippen molar-refractivity contribution in [2.45, 2.75) is 4.90 Å². The summed E-state index contributed by atoms with van der Waals surface area (Å²) < 4.78 is 30.8. The summed E-state index contributed by atoms with van der Waals surface area (Å²) in [6, 6.07) is 22.4. The van der Waals surface area contributed by atoms with E-state index in [0.717, 1.165) is 31.9 Å². The molecule has 3 aromatic carbocycles. The fourth-order valence-corrected chi connectivity index (χ4v) is 5.97. The van der Waals surface area contributed by atoms with Crippen LogP contribution in [0.2, 0.25) is 5.02 Å². The van der Waals surface area contributed by atoms with E-state index in [1.807, 2.05) is 24.3 Å². The average molecular weight is 540 g/mol. The summed E-state index contributed by atoms with van der Waals surface area (Å²) >= 11 is 7.28. The van der Waals surface area contributed by atoms with Crippen molar-refractivity contribution in [3.8, 4) is 5.75 Å². The van der Waals surface area contributed by atoms with Gasteiger partial charge in [-0.25, -0.2) is 0 Å². The number of anilines is 1. The highest BCUT2D eigenvalue weighted by Gasteiger charge is 2.29. The number of para-hydroxylation sites is 1. The molecule has 2 heterocycles. The minimum absolute atomic E-state index is 0.0575. The van der Waals surface area contributed by atoms with Gasteiger partial charge in [-0.3, -0.25) is 4.79 Å². The molecular weight excluding hydrogens is 518 g/mol. The van der Waals surface area contributed by atoms with Crippen LogP contribution in [-0.4, -0.2) is 50.6 Å². The number of rotatable bonds is 5. The van der Waals surface area contributed by atoms with Gasteiger partial charge in [-0.2, -0.15) is 13.4 Å². The zero-order valence-electron chi connectivity index (χ0n) is 19.1. The quantitative estimate of drug-likeness (QED) is 0.337. The van der Waals surface area contributed by atoms with E-state index in [9.17, 15) is 13.2 Å². The second-order valence-corrected chi connectivity index (χ2v) is 11.1. The van der Waals surface area contributed by atoms with E-state index >= 15 is 0 Å². The van der Waals surface area contributed by atoms with Crippen LogP contribution in [0.5, 0.6) is 5.75 Å². The highest BCUT2D eigenvalue weighted by Crippen LogP contribution is 2.33. The standard InChI is InChI=1S/C26H22ClN3O4S2/c27-20-10-12-21(13-11-20)29-14-16-30(17-15-29)26-28-25(31)24(35-26)18-19-6-4-5-9-23(19)34-36(32,33)22-7-2-1-3-8-22/h1-13,18H,14-17H2/b24-18-. The zero-order valence-corrected chi connectivity index (χ0v) is 21.5. The Labute approximate surface area is 219 Å². The van der Waals surface area contributed by atoms with E-state index in [1.165, 1.54) is 23.9 Å². The summed E-state index contributed by atoms with van der Waals surface area (Å²) in [5.74, 6) is -0.205. The van der Waals surface area contributed by atoms with Crippen LogP contribution in [-0.2, 0) is 14.9 Å². The van der Waals surface area contributed by atoms with Crippen LogP contribution in [0.1, 0.15) is 5.56 Å². The molecule has 0 atom stereocenters. The monoisotopic (exact) mass is 539 g/mol. The molecule has 2 aliphatic rings. The molecular formula is C26H22ClN3O4S2. The van der Waals surface area contributed by atoms with E-state index < -0.39 is 10.1 Å². The van der Waals surface area contributed by atoms with Gasteiger partial charge in [0.15, 0.2) is 5.17 Å². The van der Waals surface area contributed by atoms with Crippen molar-refractivity contribution in [3.63, 3.8) is 0 Å². The summed E-state index contributed by atoms with van der Waals surface area (Å²) in [7, 11) is -4.01. The van der Waals surface area contributed by atoms with Crippen molar-refractivity contribution in [2.75, 3.05) is 31.1 Å². The first-order valence-electron chi connectivity index (χ1n) is 11.3. The molecule has 3 aromatic rings. The fourth-order valence-electron chi connectivity index (χ4n) is 3.91. The molecule has 0 aromatic heterocycles. The fraction of sp³-hybridized carbons (Fsp3) is 0.154. The Morgan fingerprint density at radius 1 is 0.861 bits per heavy atom. The number of hydrogen-bond acceptors (Lipinski definition) is 7. The number of carbonyl (C=O) groups is 1. The SMILES string of the molecule is O=C1N=C(N2CCN(c3ccc(Cl)cc3)CC2)S/C1=C\c1ccccc1OS(=O)(=O)c1ccccc1. The number of benzene rings is 3. The molecule has 184 valence electrons. The number of halogens is 1.